The van der Waals surface area contributed by atoms with E-state index in [0.717, 1.165) is 0 Å². The van der Waals surface area contributed by atoms with Crippen LogP contribution in [0.4, 0.5) is 0 Å². The van der Waals surface area contributed by atoms with Crippen LogP contribution < -0.4 is 0 Å². The zero-order valence-corrected chi connectivity index (χ0v) is 15.1. The van der Waals surface area contributed by atoms with E-state index >= 15 is 0 Å². The fourth-order valence-electron chi connectivity index (χ4n) is 3.65. The van der Waals surface area contributed by atoms with Crippen LogP contribution in [-0.2, 0) is 0 Å². The van der Waals surface area contributed by atoms with Gasteiger partial charge in [0.25, 0.3) is 0 Å². The van der Waals surface area contributed by atoms with Gasteiger partial charge in [0, 0.05) is 0 Å². The second kappa shape index (κ2) is 7.05. The molecule has 24 heavy (non-hydrogen) atoms. The molecule has 2 atom stereocenters. The summed E-state index contributed by atoms with van der Waals surface area (Å²) in [4.78, 5) is 0. The van der Waals surface area contributed by atoms with Gasteiger partial charge in [-0.2, -0.15) is 0 Å². The molecule has 0 aliphatic heterocycles. The van der Waals surface area contributed by atoms with Crippen LogP contribution in [-0.4, -0.2) is 0 Å². The molecule has 0 spiro atoms. The van der Waals surface area contributed by atoms with E-state index < -0.39 is 0 Å². The molecule has 0 saturated carbocycles. The van der Waals surface area contributed by atoms with Crippen molar-refractivity contribution in [3.05, 3.63) is 95.1 Å². The van der Waals surface area contributed by atoms with Crippen LogP contribution in [0.15, 0.2) is 72.8 Å². The second-order valence-electron chi connectivity index (χ2n) is 6.84. The Morgan fingerprint density at radius 2 is 0.958 bits per heavy atom. The summed E-state index contributed by atoms with van der Waals surface area (Å²) >= 11 is 0. The Labute approximate surface area is 146 Å². The zero-order valence-electron chi connectivity index (χ0n) is 15.1. The Balaban J connectivity index is 2.04. The summed E-state index contributed by atoms with van der Waals surface area (Å²) in [7, 11) is 0. The van der Waals surface area contributed by atoms with Crippen LogP contribution in [0.3, 0.4) is 0 Å². The van der Waals surface area contributed by atoms with Gasteiger partial charge in [-0.3, -0.25) is 0 Å². The lowest BCUT2D eigenvalue weighted by molar-refractivity contribution is 0.622. The van der Waals surface area contributed by atoms with Crippen molar-refractivity contribution >= 4 is 0 Å². The molecule has 122 valence electrons. The number of aryl methyl sites for hydroxylation is 2. The van der Waals surface area contributed by atoms with E-state index in [9.17, 15) is 0 Å². The molecule has 0 aliphatic carbocycles. The van der Waals surface area contributed by atoms with E-state index in [1.165, 1.54) is 33.4 Å². The topological polar surface area (TPSA) is 0 Å². The molecule has 0 heterocycles. The van der Waals surface area contributed by atoms with E-state index in [-0.39, 0.29) is 0 Å². The van der Waals surface area contributed by atoms with Crippen LogP contribution in [0.25, 0.3) is 11.1 Å². The van der Waals surface area contributed by atoms with Gasteiger partial charge < -0.3 is 0 Å². The summed E-state index contributed by atoms with van der Waals surface area (Å²) in [6.45, 7) is 9.11. The van der Waals surface area contributed by atoms with Gasteiger partial charge in [0.05, 0.1) is 0 Å². The molecule has 3 aromatic rings. The normalized spacial score (nSPS) is 13.5. The maximum atomic E-state index is 2.36. The molecule has 0 aliphatic rings. The molecule has 2 unspecified atom stereocenters. The predicted molar refractivity (Wildman–Crippen MR) is 105 cm³/mol. The quantitative estimate of drug-likeness (QED) is 0.492. The summed E-state index contributed by atoms with van der Waals surface area (Å²) in [6.07, 6.45) is 0. The fourth-order valence-corrected chi connectivity index (χ4v) is 3.65. The minimum Gasteiger partial charge on any atom is -0.0620 e. The van der Waals surface area contributed by atoms with Crippen LogP contribution in [0.5, 0.6) is 0 Å². The molecule has 3 rings (SSSR count). The molecule has 0 radical (unpaired) electrons. The van der Waals surface area contributed by atoms with Gasteiger partial charge in [0.2, 0.25) is 0 Å². The minimum atomic E-state index is 0.460. The molecule has 0 bridgehead atoms. The molecule has 0 aromatic heterocycles. The standard InChI is InChI=1S/C24H26/c1-17-11-5-7-13-21(17)19(3)20(4)23-15-9-10-16-24(23)22-14-8-6-12-18(22)2/h5-16,19-20H,1-4H3. The molecule has 0 fully saturated rings. The average Bonchev–Trinajstić information content (AvgIpc) is 2.61. The van der Waals surface area contributed by atoms with Crippen molar-refractivity contribution in [3.8, 4) is 11.1 Å². The van der Waals surface area contributed by atoms with Gasteiger partial charge in [-0.1, -0.05) is 86.6 Å². The highest BCUT2D eigenvalue weighted by molar-refractivity contribution is 5.71. The SMILES string of the molecule is Cc1ccccc1-c1ccccc1C(C)C(C)c1ccccc1C. The monoisotopic (exact) mass is 314 g/mol. The predicted octanol–water partition coefficient (Wildman–Crippen LogP) is 6.88. The number of rotatable bonds is 4. The summed E-state index contributed by atoms with van der Waals surface area (Å²) < 4.78 is 0. The molecular weight excluding hydrogens is 288 g/mol. The van der Waals surface area contributed by atoms with E-state index in [1.807, 2.05) is 0 Å². The van der Waals surface area contributed by atoms with E-state index in [1.54, 1.807) is 0 Å². The third-order valence-corrected chi connectivity index (χ3v) is 5.32. The Bertz CT molecular complexity index is 829. The molecule has 0 nitrogen and oxygen atoms in total. The van der Waals surface area contributed by atoms with Crippen LogP contribution >= 0.6 is 0 Å². The largest absolute Gasteiger partial charge is 0.0620 e. The maximum absolute atomic E-state index is 2.36. The Morgan fingerprint density at radius 1 is 0.500 bits per heavy atom. The molecule has 0 N–H and O–H groups in total. The maximum Gasteiger partial charge on any atom is -0.0118 e. The highest BCUT2D eigenvalue weighted by Gasteiger charge is 2.20. The van der Waals surface area contributed by atoms with Crippen molar-refractivity contribution in [1.29, 1.82) is 0 Å². The lowest BCUT2D eigenvalue weighted by Crippen LogP contribution is -2.08. The molecule has 0 heteroatoms. The van der Waals surface area contributed by atoms with Crippen LogP contribution in [0.2, 0.25) is 0 Å². The second-order valence-corrected chi connectivity index (χ2v) is 6.84. The van der Waals surface area contributed by atoms with Crippen molar-refractivity contribution in [2.75, 3.05) is 0 Å². The number of hydrogen-bond donors (Lipinski definition) is 0. The third-order valence-electron chi connectivity index (χ3n) is 5.32. The van der Waals surface area contributed by atoms with Crippen molar-refractivity contribution in [2.24, 2.45) is 0 Å². The van der Waals surface area contributed by atoms with E-state index in [4.69, 9.17) is 0 Å². The first kappa shape index (κ1) is 16.5. The molecule has 0 saturated heterocycles. The number of benzene rings is 3. The summed E-state index contributed by atoms with van der Waals surface area (Å²) in [5.74, 6) is 0.943. The molecular formula is C24H26. The molecule has 0 amide bonds. The smallest absolute Gasteiger partial charge is 0.0118 e. The highest BCUT2D eigenvalue weighted by atomic mass is 14.2. The van der Waals surface area contributed by atoms with Crippen LogP contribution in [0, 0.1) is 13.8 Å². The zero-order chi connectivity index (χ0) is 17.1. The summed E-state index contributed by atoms with van der Waals surface area (Å²) in [6, 6.07) is 26.3. The van der Waals surface area contributed by atoms with Crippen molar-refractivity contribution in [3.63, 3.8) is 0 Å². The third kappa shape index (κ3) is 3.14. The van der Waals surface area contributed by atoms with Gasteiger partial charge >= 0.3 is 0 Å². The Hall–Kier alpha value is -2.34. The summed E-state index contributed by atoms with van der Waals surface area (Å²) in [5, 5.41) is 0. The van der Waals surface area contributed by atoms with E-state index in [0.29, 0.717) is 11.8 Å². The lowest BCUT2D eigenvalue weighted by atomic mass is 9.79. The van der Waals surface area contributed by atoms with Crippen molar-refractivity contribution in [2.45, 2.75) is 39.5 Å². The first-order valence-electron chi connectivity index (χ1n) is 8.80. The van der Waals surface area contributed by atoms with Gasteiger partial charge in [-0.05, 0) is 59.1 Å². The Kier molecular flexibility index (Phi) is 4.85. The van der Waals surface area contributed by atoms with E-state index in [2.05, 4.69) is 100 Å². The minimum absolute atomic E-state index is 0.460. The van der Waals surface area contributed by atoms with Crippen molar-refractivity contribution < 1.29 is 0 Å². The van der Waals surface area contributed by atoms with Crippen molar-refractivity contribution in [1.82, 2.24) is 0 Å². The van der Waals surface area contributed by atoms with Gasteiger partial charge in [-0.25, -0.2) is 0 Å². The first-order valence-corrected chi connectivity index (χ1v) is 8.80. The number of hydrogen-bond acceptors (Lipinski definition) is 0. The van der Waals surface area contributed by atoms with Gasteiger partial charge in [0.1, 0.15) is 0 Å². The van der Waals surface area contributed by atoms with Gasteiger partial charge in [-0.15, -0.1) is 0 Å². The Morgan fingerprint density at radius 3 is 1.58 bits per heavy atom. The first-order chi connectivity index (χ1) is 11.6. The van der Waals surface area contributed by atoms with Gasteiger partial charge in [0.15, 0.2) is 0 Å². The summed E-state index contributed by atoms with van der Waals surface area (Å²) in [5.41, 5.74) is 8.30. The molecule has 3 aromatic carbocycles. The van der Waals surface area contributed by atoms with Crippen LogP contribution in [0.1, 0.15) is 47.9 Å². The highest BCUT2D eigenvalue weighted by Crippen LogP contribution is 2.39. The average molecular weight is 314 g/mol. The lowest BCUT2D eigenvalue weighted by Gasteiger charge is -2.25. The fraction of sp³-hybridized carbons (Fsp3) is 0.250.